The average molecular weight is 445 g/mol. The number of carbonyl (C=O) groups is 1. The first-order valence-electron chi connectivity index (χ1n) is 9.94. The molecule has 7 nitrogen and oxygen atoms in total. The molecule has 3 aromatic rings. The van der Waals surface area contributed by atoms with E-state index in [-0.39, 0.29) is 18.3 Å². The van der Waals surface area contributed by atoms with Gasteiger partial charge in [0.25, 0.3) is 0 Å². The predicted molar refractivity (Wildman–Crippen MR) is 117 cm³/mol. The first-order chi connectivity index (χ1) is 15.1. The van der Waals surface area contributed by atoms with Crippen LogP contribution in [0, 0.1) is 5.82 Å². The minimum absolute atomic E-state index is 0.00545. The average Bonchev–Trinajstić information content (AvgIpc) is 3.20. The molecule has 1 aromatic heterocycles. The van der Waals surface area contributed by atoms with Crippen LogP contribution in [0.25, 0.3) is 5.69 Å². The molecule has 9 heteroatoms. The molecule has 0 aliphatic heterocycles. The summed E-state index contributed by atoms with van der Waals surface area (Å²) in [5.41, 5.74) is 0.304. The third-order valence-electron chi connectivity index (χ3n) is 4.66. The van der Waals surface area contributed by atoms with Crippen LogP contribution in [0.5, 0.6) is 11.5 Å². The molecule has 0 bridgehead atoms. The summed E-state index contributed by atoms with van der Waals surface area (Å²) in [6.07, 6.45) is 0. The molecule has 1 amide bonds. The lowest BCUT2D eigenvalue weighted by molar-refractivity contribution is -0.127. The lowest BCUT2D eigenvalue weighted by Crippen LogP contribution is -2.31. The van der Waals surface area contributed by atoms with Crippen LogP contribution >= 0.6 is 11.8 Å². The van der Waals surface area contributed by atoms with E-state index in [1.807, 2.05) is 13.8 Å². The van der Waals surface area contributed by atoms with Gasteiger partial charge in [-0.25, -0.2) is 4.39 Å². The van der Waals surface area contributed by atoms with E-state index in [4.69, 9.17) is 9.47 Å². The van der Waals surface area contributed by atoms with Gasteiger partial charge in [0, 0.05) is 13.1 Å². The van der Waals surface area contributed by atoms with E-state index in [2.05, 4.69) is 10.2 Å². The van der Waals surface area contributed by atoms with Gasteiger partial charge in [-0.3, -0.25) is 9.36 Å². The van der Waals surface area contributed by atoms with Gasteiger partial charge in [0.1, 0.15) is 23.9 Å². The fourth-order valence-corrected chi connectivity index (χ4v) is 3.84. The molecule has 0 radical (unpaired) electrons. The Morgan fingerprint density at radius 2 is 1.74 bits per heavy atom. The Kier molecular flexibility index (Phi) is 7.88. The van der Waals surface area contributed by atoms with E-state index < -0.39 is 5.82 Å². The van der Waals surface area contributed by atoms with Crippen LogP contribution in [0.3, 0.4) is 0 Å². The molecule has 0 aliphatic carbocycles. The van der Waals surface area contributed by atoms with Crippen molar-refractivity contribution in [2.75, 3.05) is 26.0 Å². The van der Waals surface area contributed by atoms with E-state index in [0.29, 0.717) is 35.5 Å². The van der Waals surface area contributed by atoms with E-state index in [0.717, 1.165) is 5.75 Å². The molecule has 3 rings (SSSR count). The normalized spacial score (nSPS) is 10.7. The SMILES string of the molecule is CCN(CC)C(=O)CSc1nnc(COc2ccc(OC)cc2)n1-c1ccccc1F. The van der Waals surface area contributed by atoms with Crippen molar-refractivity contribution < 1.29 is 18.7 Å². The van der Waals surface area contributed by atoms with Crippen LogP contribution in [0.1, 0.15) is 19.7 Å². The smallest absolute Gasteiger partial charge is 0.233 e. The van der Waals surface area contributed by atoms with Crippen LogP contribution in [-0.2, 0) is 11.4 Å². The van der Waals surface area contributed by atoms with Crippen molar-refractivity contribution in [2.24, 2.45) is 0 Å². The van der Waals surface area contributed by atoms with E-state index in [9.17, 15) is 9.18 Å². The van der Waals surface area contributed by atoms with E-state index >= 15 is 0 Å². The van der Waals surface area contributed by atoms with Crippen LogP contribution in [-0.4, -0.2) is 51.5 Å². The first kappa shape index (κ1) is 22.6. The predicted octanol–water partition coefficient (Wildman–Crippen LogP) is 3.95. The lowest BCUT2D eigenvalue weighted by atomic mass is 10.3. The second-order valence-corrected chi connectivity index (χ2v) is 7.45. The Morgan fingerprint density at radius 1 is 1.06 bits per heavy atom. The quantitative estimate of drug-likeness (QED) is 0.441. The van der Waals surface area contributed by atoms with E-state index in [1.54, 1.807) is 59.0 Å². The molecule has 1 heterocycles. The number of hydrogen-bond donors (Lipinski definition) is 0. The number of aromatic nitrogens is 3. The number of ether oxygens (including phenoxy) is 2. The van der Waals surface area contributed by atoms with Gasteiger partial charge in [0.05, 0.1) is 18.6 Å². The number of hydrogen-bond acceptors (Lipinski definition) is 6. The number of methoxy groups -OCH3 is 1. The summed E-state index contributed by atoms with van der Waals surface area (Å²) in [4.78, 5) is 14.1. The van der Waals surface area contributed by atoms with Crippen molar-refractivity contribution >= 4 is 17.7 Å². The molecule has 0 N–H and O–H groups in total. The van der Waals surface area contributed by atoms with Gasteiger partial charge < -0.3 is 14.4 Å². The van der Waals surface area contributed by atoms with Crippen LogP contribution < -0.4 is 9.47 Å². The summed E-state index contributed by atoms with van der Waals surface area (Å²) in [6, 6.07) is 13.5. The Balaban J connectivity index is 1.83. The number of thioether (sulfide) groups is 1. The highest BCUT2D eigenvalue weighted by molar-refractivity contribution is 7.99. The number of halogens is 1. The van der Waals surface area contributed by atoms with E-state index in [1.165, 1.54) is 17.8 Å². The minimum Gasteiger partial charge on any atom is -0.497 e. The van der Waals surface area contributed by atoms with Gasteiger partial charge in [0.2, 0.25) is 5.91 Å². The number of para-hydroxylation sites is 1. The first-order valence-corrected chi connectivity index (χ1v) is 10.9. The van der Waals surface area contributed by atoms with Crippen LogP contribution in [0.4, 0.5) is 4.39 Å². The number of amides is 1. The maximum Gasteiger partial charge on any atom is 0.233 e. The van der Waals surface area contributed by atoms with Crippen molar-refractivity contribution in [3.05, 3.63) is 60.2 Å². The minimum atomic E-state index is -0.412. The van der Waals surface area contributed by atoms with Crippen molar-refractivity contribution in [3.63, 3.8) is 0 Å². The van der Waals surface area contributed by atoms with Crippen molar-refractivity contribution in [1.29, 1.82) is 0 Å². The highest BCUT2D eigenvalue weighted by Gasteiger charge is 2.20. The molecular weight excluding hydrogens is 419 g/mol. The highest BCUT2D eigenvalue weighted by Crippen LogP contribution is 2.25. The molecule has 0 saturated carbocycles. The summed E-state index contributed by atoms with van der Waals surface area (Å²) in [7, 11) is 1.59. The monoisotopic (exact) mass is 444 g/mol. The fraction of sp³-hybridized carbons (Fsp3) is 0.318. The van der Waals surface area contributed by atoms with Crippen molar-refractivity contribution in [1.82, 2.24) is 19.7 Å². The molecule has 0 spiro atoms. The van der Waals surface area contributed by atoms with Gasteiger partial charge >= 0.3 is 0 Å². The molecule has 0 unspecified atom stereocenters. The highest BCUT2D eigenvalue weighted by atomic mass is 32.2. The maximum absolute atomic E-state index is 14.6. The third-order valence-corrected chi connectivity index (χ3v) is 5.58. The number of carbonyl (C=O) groups excluding carboxylic acids is 1. The Hall–Kier alpha value is -3.07. The maximum atomic E-state index is 14.6. The second-order valence-electron chi connectivity index (χ2n) is 6.50. The number of nitrogens with zero attached hydrogens (tertiary/aromatic N) is 4. The zero-order chi connectivity index (χ0) is 22.2. The summed E-state index contributed by atoms with van der Waals surface area (Å²) >= 11 is 1.22. The van der Waals surface area contributed by atoms with Crippen LogP contribution in [0.15, 0.2) is 53.7 Å². The van der Waals surface area contributed by atoms with Crippen LogP contribution in [0.2, 0.25) is 0 Å². The van der Waals surface area contributed by atoms with Gasteiger partial charge in [-0.2, -0.15) is 0 Å². The summed E-state index contributed by atoms with van der Waals surface area (Å²) in [6.45, 7) is 5.22. The Labute approximate surface area is 185 Å². The standard InChI is InChI=1S/C22H25FN4O3S/c1-4-26(5-2)21(28)15-31-22-25-24-20(27(22)19-9-7-6-8-18(19)23)14-30-17-12-10-16(29-3)11-13-17/h6-13H,4-5,14-15H2,1-3H3. The fourth-order valence-electron chi connectivity index (χ4n) is 2.98. The molecule has 0 aliphatic rings. The zero-order valence-electron chi connectivity index (χ0n) is 17.7. The Bertz CT molecular complexity index is 1010. The van der Waals surface area contributed by atoms with Gasteiger partial charge in [-0.1, -0.05) is 23.9 Å². The molecule has 0 atom stereocenters. The van der Waals surface area contributed by atoms with Gasteiger partial charge in [-0.15, -0.1) is 10.2 Å². The summed E-state index contributed by atoms with van der Waals surface area (Å²) < 4.78 is 27.1. The third kappa shape index (κ3) is 5.55. The molecule has 0 saturated heterocycles. The largest absolute Gasteiger partial charge is 0.497 e. The van der Waals surface area contributed by atoms with Gasteiger partial charge in [0.15, 0.2) is 11.0 Å². The van der Waals surface area contributed by atoms with Gasteiger partial charge in [-0.05, 0) is 50.2 Å². The van der Waals surface area contributed by atoms with Crippen molar-refractivity contribution in [2.45, 2.75) is 25.6 Å². The number of rotatable bonds is 10. The Morgan fingerprint density at radius 3 is 2.39 bits per heavy atom. The molecule has 2 aromatic carbocycles. The molecular formula is C22H25FN4O3S. The lowest BCUT2D eigenvalue weighted by Gasteiger charge is -2.18. The molecule has 31 heavy (non-hydrogen) atoms. The topological polar surface area (TPSA) is 69.5 Å². The summed E-state index contributed by atoms with van der Waals surface area (Å²) in [5, 5.41) is 8.82. The molecule has 164 valence electrons. The summed E-state index contributed by atoms with van der Waals surface area (Å²) in [5.74, 6) is 1.54. The second kappa shape index (κ2) is 10.8. The number of benzene rings is 2. The van der Waals surface area contributed by atoms with Crippen molar-refractivity contribution in [3.8, 4) is 17.2 Å². The molecule has 0 fully saturated rings. The zero-order valence-corrected chi connectivity index (χ0v) is 18.6.